The van der Waals surface area contributed by atoms with Gasteiger partial charge in [-0.3, -0.25) is 4.79 Å². The average Bonchev–Trinajstić information content (AvgIpc) is 2.75. The second-order valence-corrected chi connectivity index (χ2v) is 4.77. The summed E-state index contributed by atoms with van der Waals surface area (Å²) in [6, 6.07) is 3.62. The Labute approximate surface area is 114 Å². The summed E-state index contributed by atoms with van der Waals surface area (Å²) in [7, 11) is 0. The van der Waals surface area contributed by atoms with Crippen LogP contribution in [0.3, 0.4) is 0 Å². The molecular formula is C12H13ClN2O4. The summed E-state index contributed by atoms with van der Waals surface area (Å²) in [5.74, 6) is -1.53. The quantitative estimate of drug-likeness (QED) is 0.655. The molecule has 0 aromatic heterocycles. The van der Waals surface area contributed by atoms with E-state index in [2.05, 4.69) is 10.6 Å². The number of carboxylic acid groups (broad SMARTS) is 1. The Morgan fingerprint density at radius 3 is 2.74 bits per heavy atom. The predicted octanol–water partition coefficient (Wildman–Crippen LogP) is 0.699. The third-order valence-corrected chi connectivity index (χ3v) is 3.13. The molecule has 4 N–H and O–H groups in total. The minimum Gasteiger partial charge on any atom is -0.478 e. The summed E-state index contributed by atoms with van der Waals surface area (Å²) in [4.78, 5) is 23.0. The van der Waals surface area contributed by atoms with E-state index in [0.717, 1.165) is 0 Å². The van der Waals surface area contributed by atoms with Crippen molar-refractivity contribution >= 4 is 29.2 Å². The van der Waals surface area contributed by atoms with Gasteiger partial charge in [0.1, 0.15) is 0 Å². The van der Waals surface area contributed by atoms with Crippen molar-refractivity contribution in [3.63, 3.8) is 0 Å². The number of amides is 1. The molecule has 7 heteroatoms. The molecule has 6 nitrogen and oxygen atoms in total. The lowest BCUT2D eigenvalue weighted by Gasteiger charge is -2.13. The van der Waals surface area contributed by atoms with E-state index in [1.165, 1.54) is 18.2 Å². The Balaban J connectivity index is 2.16. The van der Waals surface area contributed by atoms with E-state index >= 15 is 0 Å². The maximum atomic E-state index is 11.9. The van der Waals surface area contributed by atoms with Gasteiger partial charge in [-0.05, 0) is 24.6 Å². The van der Waals surface area contributed by atoms with E-state index in [-0.39, 0.29) is 17.2 Å². The van der Waals surface area contributed by atoms with Gasteiger partial charge in [-0.1, -0.05) is 11.6 Å². The Morgan fingerprint density at radius 1 is 1.42 bits per heavy atom. The van der Waals surface area contributed by atoms with Gasteiger partial charge in [0.15, 0.2) is 0 Å². The number of rotatable bonds is 3. The number of anilines is 1. The number of halogens is 1. The van der Waals surface area contributed by atoms with Crippen LogP contribution >= 0.6 is 11.6 Å². The zero-order valence-electron chi connectivity index (χ0n) is 9.89. The highest BCUT2D eigenvalue weighted by molar-refractivity contribution is 6.31. The van der Waals surface area contributed by atoms with Gasteiger partial charge in [-0.25, -0.2) is 4.79 Å². The van der Waals surface area contributed by atoms with Crippen LogP contribution < -0.4 is 10.6 Å². The largest absolute Gasteiger partial charge is 0.478 e. The fraction of sp³-hybridized carbons (Fsp3) is 0.333. The lowest BCUT2D eigenvalue weighted by atomic mass is 10.1. The number of carbonyl (C=O) groups excluding carboxylic acids is 1. The molecule has 0 saturated carbocycles. The third kappa shape index (κ3) is 3.23. The zero-order chi connectivity index (χ0) is 14.0. The van der Waals surface area contributed by atoms with Crippen LogP contribution in [0.25, 0.3) is 0 Å². The molecule has 1 amide bonds. The Bertz CT molecular complexity index is 520. The SMILES string of the molecule is O=C(O)c1ccc(Cl)cc1NC(=O)C1CC(O)CN1. The normalized spacial score (nSPS) is 22.2. The molecule has 1 aromatic carbocycles. The number of β-amino-alcohol motifs (C(OH)–C–C–N with tert-alkyl or cyclic N) is 1. The van der Waals surface area contributed by atoms with Gasteiger partial charge in [-0.2, -0.15) is 0 Å². The summed E-state index contributed by atoms with van der Waals surface area (Å²) in [6.07, 6.45) is -0.261. The standard InChI is InChI=1S/C12H13ClN2O4/c13-6-1-2-8(12(18)19)9(3-6)15-11(17)10-4-7(16)5-14-10/h1-3,7,10,14,16H,4-5H2,(H,15,17)(H,18,19). The minimum absolute atomic E-state index is 0.0312. The fourth-order valence-corrected chi connectivity index (χ4v) is 2.12. The van der Waals surface area contributed by atoms with Crippen molar-refractivity contribution in [2.24, 2.45) is 0 Å². The number of aliphatic hydroxyl groups is 1. The molecular weight excluding hydrogens is 272 g/mol. The first-order valence-electron chi connectivity index (χ1n) is 5.72. The van der Waals surface area contributed by atoms with Gasteiger partial charge in [0, 0.05) is 11.6 Å². The summed E-state index contributed by atoms with van der Waals surface area (Å²) in [6.45, 7) is 0.347. The number of benzene rings is 1. The Morgan fingerprint density at radius 2 is 2.16 bits per heavy atom. The molecule has 1 fully saturated rings. The van der Waals surface area contributed by atoms with Crippen molar-refractivity contribution in [3.8, 4) is 0 Å². The van der Waals surface area contributed by atoms with Crippen molar-refractivity contribution in [3.05, 3.63) is 28.8 Å². The molecule has 0 spiro atoms. The molecule has 19 heavy (non-hydrogen) atoms. The highest BCUT2D eigenvalue weighted by Crippen LogP contribution is 2.22. The topological polar surface area (TPSA) is 98.7 Å². The second-order valence-electron chi connectivity index (χ2n) is 4.33. The van der Waals surface area contributed by atoms with Gasteiger partial charge < -0.3 is 20.8 Å². The molecule has 102 valence electrons. The summed E-state index contributed by atoms with van der Waals surface area (Å²) >= 11 is 5.79. The highest BCUT2D eigenvalue weighted by Gasteiger charge is 2.28. The first-order valence-corrected chi connectivity index (χ1v) is 6.10. The van der Waals surface area contributed by atoms with Crippen LogP contribution in [0.5, 0.6) is 0 Å². The van der Waals surface area contributed by atoms with Crippen molar-refractivity contribution < 1.29 is 19.8 Å². The van der Waals surface area contributed by atoms with Gasteiger partial charge in [0.05, 0.1) is 23.4 Å². The minimum atomic E-state index is -1.15. The number of carboxylic acids is 1. The van der Waals surface area contributed by atoms with Crippen LogP contribution in [-0.4, -0.2) is 40.8 Å². The first-order chi connectivity index (χ1) is 8.97. The fourth-order valence-electron chi connectivity index (χ4n) is 1.94. The monoisotopic (exact) mass is 284 g/mol. The molecule has 0 bridgehead atoms. The predicted molar refractivity (Wildman–Crippen MR) is 69.5 cm³/mol. The average molecular weight is 285 g/mol. The van der Waals surface area contributed by atoms with Gasteiger partial charge in [0.2, 0.25) is 5.91 Å². The Kier molecular flexibility index (Phi) is 4.04. The van der Waals surface area contributed by atoms with Crippen molar-refractivity contribution in [2.45, 2.75) is 18.6 Å². The van der Waals surface area contributed by atoms with Crippen LogP contribution in [-0.2, 0) is 4.79 Å². The number of hydrogen-bond acceptors (Lipinski definition) is 4. The summed E-state index contributed by atoms with van der Waals surface area (Å²) < 4.78 is 0. The molecule has 1 heterocycles. The number of aliphatic hydroxyl groups excluding tert-OH is 1. The molecule has 0 radical (unpaired) electrons. The van der Waals surface area contributed by atoms with Crippen LogP contribution in [0.2, 0.25) is 5.02 Å². The third-order valence-electron chi connectivity index (χ3n) is 2.89. The molecule has 1 saturated heterocycles. The summed E-state index contributed by atoms with van der Waals surface area (Å²) in [5.41, 5.74) is 0.115. The lowest BCUT2D eigenvalue weighted by molar-refractivity contribution is -0.117. The lowest BCUT2D eigenvalue weighted by Crippen LogP contribution is -2.35. The van der Waals surface area contributed by atoms with E-state index in [4.69, 9.17) is 16.7 Å². The molecule has 2 rings (SSSR count). The highest BCUT2D eigenvalue weighted by atomic mass is 35.5. The summed E-state index contributed by atoms with van der Waals surface area (Å²) in [5, 5.41) is 24.1. The van der Waals surface area contributed by atoms with Crippen molar-refractivity contribution in [1.82, 2.24) is 5.32 Å². The van der Waals surface area contributed by atoms with Gasteiger partial charge >= 0.3 is 5.97 Å². The van der Waals surface area contributed by atoms with E-state index in [9.17, 15) is 14.7 Å². The molecule has 2 unspecified atom stereocenters. The molecule has 1 aliphatic rings. The molecule has 1 aromatic rings. The first kappa shape index (κ1) is 13.8. The molecule has 0 aliphatic carbocycles. The maximum Gasteiger partial charge on any atom is 0.337 e. The van der Waals surface area contributed by atoms with Crippen molar-refractivity contribution in [1.29, 1.82) is 0 Å². The number of carbonyl (C=O) groups is 2. The number of nitrogens with one attached hydrogen (secondary N) is 2. The van der Waals surface area contributed by atoms with E-state index in [0.29, 0.717) is 18.0 Å². The smallest absolute Gasteiger partial charge is 0.337 e. The molecule has 2 atom stereocenters. The van der Waals surface area contributed by atoms with Gasteiger partial charge in [0.25, 0.3) is 0 Å². The van der Waals surface area contributed by atoms with Crippen molar-refractivity contribution in [2.75, 3.05) is 11.9 Å². The van der Waals surface area contributed by atoms with Crippen LogP contribution in [0.15, 0.2) is 18.2 Å². The molecule has 1 aliphatic heterocycles. The number of hydrogen-bond donors (Lipinski definition) is 4. The number of aromatic carboxylic acids is 1. The van der Waals surface area contributed by atoms with Crippen LogP contribution in [0, 0.1) is 0 Å². The van der Waals surface area contributed by atoms with Gasteiger partial charge in [-0.15, -0.1) is 0 Å². The van der Waals surface area contributed by atoms with E-state index in [1.54, 1.807) is 0 Å². The second kappa shape index (κ2) is 5.56. The van der Waals surface area contributed by atoms with E-state index in [1.807, 2.05) is 0 Å². The Hall–Kier alpha value is -1.63. The zero-order valence-corrected chi connectivity index (χ0v) is 10.6. The van der Waals surface area contributed by atoms with Crippen LogP contribution in [0.1, 0.15) is 16.8 Å². The van der Waals surface area contributed by atoms with E-state index < -0.39 is 18.1 Å². The maximum absolute atomic E-state index is 11.9. The van der Waals surface area contributed by atoms with Crippen LogP contribution in [0.4, 0.5) is 5.69 Å².